The van der Waals surface area contributed by atoms with Crippen molar-refractivity contribution in [1.82, 2.24) is 0 Å². The molecule has 1 saturated heterocycles. The van der Waals surface area contributed by atoms with Crippen molar-refractivity contribution in [1.29, 1.82) is 0 Å². The number of benzene rings is 1. The van der Waals surface area contributed by atoms with Crippen molar-refractivity contribution < 1.29 is 4.74 Å². The summed E-state index contributed by atoms with van der Waals surface area (Å²) >= 11 is 0. The topological polar surface area (TPSA) is 12.5 Å². The summed E-state index contributed by atoms with van der Waals surface area (Å²) in [5, 5.41) is 0. The molecule has 1 radical (unpaired) electrons. The van der Waals surface area contributed by atoms with E-state index >= 15 is 0 Å². The van der Waals surface area contributed by atoms with Gasteiger partial charge in [0.25, 0.3) is 0 Å². The predicted octanol–water partition coefficient (Wildman–Crippen LogP) is 2.10. The molecule has 1 aliphatic rings. The van der Waals surface area contributed by atoms with Crippen molar-refractivity contribution in [2.75, 3.05) is 25.1 Å². The first-order chi connectivity index (χ1) is 6.90. The average Bonchev–Trinajstić information content (AvgIpc) is 2.30. The summed E-state index contributed by atoms with van der Waals surface area (Å²) in [6.45, 7) is 2.14. The molecule has 0 aromatic heterocycles. The van der Waals surface area contributed by atoms with Crippen LogP contribution in [0.25, 0.3) is 0 Å². The minimum atomic E-state index is 0.393. The van der Waals surface area contributed by atoms with Gasteiger partial charge in [0.05, 0.1) is 6.10 Å². The molecule has 0 aliphatic carbocycles. The van der Waals surface area contributed by atoms with E-state index in [4.69, 9.17) is 4.74 Å². The lowest BCUT2D eigenvalue weighted by Crippen LogP contribution is -2.39. The zero-order valence-corrected chi connectivity index (χ0v) is 8.57. The van der Waals surface area contributed by atoms with E-state index in [1.54, 1.807) is 7.11 Å². The average molecular weight is 190 g/mol. The zero-order valence-electron chi connectivity index (χ0n) is 8.57. The van der Waals surface area contributed by atoms with E-state index in [-0.39, 0.29) is 0 Å². The van der Waals surface area contributed by atoms with Crippen molar-refractivity contribution >= 4 is 5.69 Å². The molecular weight excluding hydrogens is 174 g/mol. The highest BCUT2D eigenvalue weighted by atomic mass is 16.5. The second-order valence-electron chi connectivity index (χ2n) is 3.71. The number of anilines is 1. The molecule has 14 heavy (non-hydrogen) atoms. The van der Waals surface area contributed by atoms with Crippen LogP contribution >= 0.6 is 0 Å². The van der Waals surface area contributed by atoms with E-state index in [1.165, 1.54) is 18.5 Å². The van der Waals surface area contributed by atoms with Gasteiger partial charge >= 0.3 is 0 Å². The third kappa shape index (κ3) is 2.07. The summed E-state index contributed by atoms with van der Waals surface area (Å²) in [4.78, 5) is 2.37. The van der Waals surface area contributed by atoms with Gasteiger partial charge in [-0.05, 0) is 31.0 Å². The highest BCUT2D eigenvalue weighted by Gasteiger charge is 2.18. The van der Waals surface area contributed by atoms with Crippen LogP contribution in [0, 0.1) is 6.07 Å². The maximum absolute atomic E-state index is 5.39. The lowest BCUT2D eigenvalue weighted by molar-refractivity contribution is 0.0893. The lowest BCUT2D eigenvalue weighted by atomic mass is 10.1. The zero-order chi connectivity index (χ0) is 9.80. The van der Waals surface area contributed by atoms with E-state index < -0.39 is 0 Å². The number of hydrogen-bond donors (Lipinski definition) is 0. The van der Waals surface area contributed by atoms with Gasteiger partial charge in [0, 0.05) is 25.9 Å². The Morgan fingerprint density at radius 2 is 2.50 bits per heavy atom. The number of nitrogens with zero attached hydrogens (tertiary/aromatic N) is 1. The van der Waals surface area contributed by atoms with Gasteiger partial charge in [-0.2, -0.15) is 0 Å². The van der Waals surface area contributed by atoms with E-state index in [9.17, 15) is 0 Å². The van der Waals surface area contributed by atoms with Gasteiger partial charge in [-0.1, -0.05) is 12.1 Å². The van der Waals surface area contributed by atoms with Gasteiger partial charge in [0.2, 0.25) is 0 Å². The Kier molecular flexibility index (Phi) is 3.04. The standard InChI is InChI=1S/C12H16NO/c1-14-12-8-5-9-13(10-12)11-6-3-2-4-7-11/h2-3,6-7,12H,5,8-10H2,1H3. The van der Waals surface area contributed by atoms with Crippen LogP contribution in [0.5, 0.6) is 0 Å². The molecule has 1 unspecified atom stereocenters. The van der Waals surface area contributed by atoms with Crippen LogP contribution in [0.3, 0.4) is 0 Å². The lowest BCUT2D eigenvalue weighted by Gasteiger charge is -2.33. The SMILES string of the molecule is COC1CCCN(c2c[c]ccc2)C1. The Morgan fingerprint density at radius 3 is 3.21 bits per heavy atom. The highest BCUT2D eigenvalue weighted by Crippen LogP contribution is 2.20. The monoisotopic (exact) mass is 190 g/mol. The third-order valence-corrected chi connectivity index (χ3v) is 2.77. The van der Waals surface area contributed by atoms with Crippen molar-refractivity contribution in [3.63, 3.8) is 0 Å². The van der Waals surface area contributed by atoms with Crippen LogP contribution in [-0.2, 0) is 4.74 Å². The van der Waals surface area contributed by atoms with Crippen LogP contribution in [-0.4, -0.2) is 26.3 Å². The molecule has 1 atom stereocenters. The Bertz CT molecular complexity index is 273. The predicted molar refractivity (Wildman–Crippen MR) is 57.5 cm³/mol. The molecule has 1 aromatic rings. The van der Waals surface area contributed by atoms with Crippen LogP contribution < -0.4 is 4.90 Å². The van der Waals surface area contributed by atoms with E-state index in [1.807, 2.05) is 18.2 Å². The second-order valence-corrected chi connectivity index (χ2v) is 3.71. The summed E-state index contributed by atoms with van der Waals surface area (Å²) in [6.07, 6.45) is 2.79. The number of methoxy groups -OCH3 is 1. The molecule has 0 bridgehead atoms. The van der Waals surface area contributed by atoms with Crippen molar-refractivity contribution in [2.45, 2.75) is 18.9 Å². The number of piperidine rings is 1. The minimum Gasteiger partial charge on any atom is -0.380 e. The molecule has 2 heteroatoms. The van der Waals surface area contributed by atoms with Gasteiger partial charge in [-0.3, -0.25) is 0 Å². The highest BCUT2D eigenvalue weighted by molar-refractivity contribution is 5.46. The van der Waals surface area contributed by atoms with E-state index in [0.29, 0.717) is 6.10 Å². The Morgan fingerprint density at radius 1 is 1.57 bits per heavy atom. The summed E-state index contributed by atoms with van der Waals surface area (Å²) in [7, 11) is 1.80. The maximum Gasteiger partial charge on any atom is 0.0746 e. The first-order valence-corrected chi connectivity index (χ1v) is 5.14. The second kappa shape index (κ2) is 4.47. The largest absolute Gasteiger partial charge is 0.380 e. The molecule has 75 valence electrons. The van der Waals surface area contributed by atoms with Crippen LogP contribution in [0.2, 0.25) is 0 Å². The molecule has 1 fully saturated rings. The van der Waals surface area contributed by atoms with E-state index in [2.05, 4.69) is 17.0 Å². The van der Waals surface area contributed by atoms with Gasteiger partial charge in [-0.25, -0.2) is 0 Å². The van der Waals surface area contributed by atoms with Gasteiger partial charge in [0.1, 0.15) is 0 Å². The molecule has 1 heterocycles. The summed E-state index contributed by atoms with van der Waals surface area (Å²) in [5.41, 5.74) is 1.26. The van der Waals surface area contributed by atoms with Crippen molar-refractivity contribution in [3.8, 4) is 0 Å². The van der Waals surface area contributed by atoms with Crippen molar-refractivity contribution in [2.24, 2.45) is 0 Å². The quantitative estimate of drug-likeness (QED) is 0.708. The normalized spacial score (nSPS) is 22.4. The molecular formula is C12H16NO. The Balaban J connectivity index is 2.04. The van der Waals surface area contributed by atoms with Crippen LogP contribution in [0.4, 0.5) is 5.69 Å². The van der Waals surface area contributed by atoms with Gasteiger partial charge in [0.15, 0.2) is 0 Å². The Hall–Kier alpha value is -1.02. The molecule has 2 nitrogen and oxygen atoms in total. The molecule has 0 amide bonds. The first kappa shape index (κ1) is 9.53. The molecule has 1 aliphatic heterocycles. The summed E-state index contributed by atoms with van der Waals surface area (Å²) in [5.74, 6) is 0. The minimum absolute atomic E-state index is 0.393. The van der Waals surface area contributed by atoms with Crippen LogP contribution in [0.1, 0.15) is 12.8 Å². The number of hydrogen-bond acceptors (Lipinski definition) is 2. The van der Waals surface area contributed by atoms with Gasteiger partial charge in [-0.15, -0.1) is 0 Å². The summed E-state index contributed by atoms with van der Waals surface area (Å²) < 4.78 is 5.39. The third-order valence-electron chi connectivity index (χ3n) is 2.77. The Labute approximate surface area is 85.5 Å². The first-order valence-electron chi connectivity index (χ1n) is 5.14. The maximum atomic E-state index is 5.39. The fourth-order valence-corrected chi connectivity index (χ4v) is 1.95. The van der Waals surface area contributed by atoms with Crippen LogP contribution in [0.15, 0.2) is 24.3 Å². The van der Waals surface area contributed by atoms with Gasteiger partial charge < -0.3 is 9.64 Å². The molecule has 1 aromatic carbocycles. The molecule has 2 rings (SSSR count). The van der Waals surface area contributed by atoms with Crippen molar-refractivity contribution in [3.05, 3.63) is 30.3 Å². The molecule has 0 N–H and O–H groups in total. The molecule has 0 saturated carbocycles. The number of rotatable bonds is 2. The fraction of sp³-hybridized carbons (Fsp3) is 0.500. The van der Waals surface area contributed by atoms with E-state index in [0.717, 1.165) is 13.1 Å². The fourth-order valence-electron chi connectivity index (χ4n) is 1.95. The number of ether oxygens (including phenoxy) is 1. The summed E-state index contributed by atoms with van der Waals surface area (Å²) in [6, 6.07) is 11.2. The molecule has 0 spiro atoms. The smallest absolute Gasteiger partial charge is 0.0746 e.